The normalized spacial score (nSPS) is 11.6. The monoisotopic (exact) mass is 485 g/mol. The quantitative estimate of drug-likeness (QED) is 0.185. The van der Waals surface area contributed by atoms with Crippen LogP contribution in [0.5, 0.6) is 11.5 Å². The van der Waals surface area contributed by atoms with Crippen LogP contribution in [0.15, 0.2) is 107 Å². The molecule has 0 unspecified atom stereocenters. The molecule has 0 radical (unpaired) electrons. The lowest BCUT2D eigenvalue weighted by Crippen LogP contribution is -2.04. The molecule has 1 heterocycles. The molecule has 0 aliphatic carbocycles. The Morgan fingerprint density at radius 1 is 0.865 bits per heavy atom. The van der Waals surface area contributed by atoms with Crippen molar-refractivity contribution in [3.05, 3.63) is 108 Å². The lowest BCUT2D eigenvalue weighted by molar-refractivity contribution is 0.0990. The highest BCUT2D eigenvalue weighted by Gasteiger charge is 2.21. The number of fused-ring (bicyclic) bond motifs is 5. The van der Waals surface area contributed by atoms with E-state index in [4.69, 9.17) is 4.74 Å². The molecule has 0 amide bonds. The van der Waals surface area contributed by atoms with Crippen LogP contribution in [0.2, 0.25) is 0 Å². The molecule has 2 N–H and O–H groups in total. The summed E-state index contributed by atoms with van der Waals surface area (Å²) in [6, 6.07) is 30.4. The number of ether oxygens (including phenoxy) is 1. The van der Waals surface area contributed by atoms with Gasteiger partial charge in [0.25, 0.3) is 0 Å². The first kappa shape index (κ1) is 22.5. The van der Waals surface area contributed by atoms with Crippen LogP contribution in [0.3, 0.4) is 0 Å². The maximum absolute atomic E-state index is 13.4. The number of H-pyrrole nitrogens is 1. The zero-order chi connectivity index (χ0) is 25.4. The molecule has 0 fully saturated rings. The van der Waals surface area contributed by atoms with Gasteiger partial charge in [0.1, 0.15) is 11.4 Å². The van der Waals surface area contributed by atoms with E-state index in [1.807, 2.05) is 84.9 Å². The molecule has 6 rings (SSSR count). The second kappa shape index (κ2) is 9.24. The molecule has 0 spiro atoms. The van der Waals surface area contributed by atoms with Crippen LogP contribution >= 0.6 is 0 Å². The molecule has 0 aliphatic rings. The van der Waals surface area contributed by atoms with Gasteiger partial charge in [-0.1, -0.05) is 60.7 Å². The third-order valence-corrected chi connectivity index (χ3v) is 6.58. The van der Waals surface area contributed by atoms with Gasteiger partial charge in [-0.3, -0.25) is 4.79 Å². The van der Waals surface area contributed by atoms with Gasteiger partial charge in [-0.25, -0.2) is 0 Å². The average Bonchev–Trinajstić information content (AvgIpc) is 3.32. The Hall–Kier alpha value is -4.97. The van der Waals surface area contributed by atoms with Crippen LogP contribution in [0.25, 0.3) is 32.6 Å². The first-order valence-electron chi connectivity index (χ1n) is 11.9. The summed E-state index contributed by atoms with van der Waals surface area (Å²) in [5.74, 6) is 0.324. The number of hydrogen-bond acceptors (Lipinski definition) is 5. The molecule has 0 aliphatic heterocycles. The Morgan fingerprint density at radius 3 is 2.41 bits per heavy atom. The number of hydrogen-bond donors (Lipinski definition) is 2. The van der Waals surface area contributed by atoms with Gasteiger partial charge >= 0.3 is 0 Å². The predicted octanol–water partition coefficient (Wildman–Crippen LogP) is 8.03. The van der Waals surface area contributed by atoms with Crippen molar-refractivity contribution < 1.29 is 14.6 Å². The van der Waals surface area contributed by atoms with E-state index in [1.165, 1.54) is 0 Å². The van der Waals surface area contributed by atoms with E-state index >= 15 is 0 Å². The highest BCUT2D eigenvalue weighted by atomic mass is 16.5. The van der Waals surface area contributed by atoms with E-state index in [0.717, 1.165) is 38.5 Å². The molecule has 0 atom stereocenters. The highest BCUT2D eigenvalue weighted by molar-refractivity contribution is 6.22. The number of Topliss-reactive ketones (excluding diaryl/α,β-unsaturated/α-hetero) is 1. The Labute approximate surface area is 212 Å². The lowest BCUT2D eigenvalue weighted by atomic mass is 9.96. The fourth-order valence-corrected chi connectivity index (χ4v) is 4.72. The second-order valence-electron chi connectivity index (χ2n) is 8.86. The van der Waals surface area contributed by atoms with Gasteiger partial charge in [-0.15, -0.1) is 5.11 Å². The summed E-state index contributed by atoms with van der Waals surface area (Å²) >= 11 is 0. The van der Waals surface area contributed by atoms with Crippen LogP contribution in [0.4, 0.5) is 11.4 Å². The number of azo groups is 1. The van der Waals surface area contributed by atoms with Crippen LogP contribution in [-0.4, -0.2) is 23.0 Å². The molecular formula is C31H23N3O3. The summed E-state index contributed by atoms with van der Waals surface area (Å²) in [6.45, 7) is 0. The van der Waals surface area contributed by atoms with E-state index in [0.29, 0.717) is 11.1 Å². The first-order valence-corrected chi connectivity index (χ1v) is 11.9. The van der Waals surface area contributed by atoms with Gasteiger partial charge in [0.05, 0.1) is 23.9 Å². The summed E-state index contributed by atoms with van der Waals surface area (Å²) < 4.78 is 5.21. The Bertz CT molecular complexity index is 1800. The second-order valence-corrected chi connectivity index (χ2v) is 8.86. The van der Waals surface area contributed by atoms with Crippen LogP contribution < -0.4 is 4.74 Å². The molecule has 1 aromatic heterocycles. The topological polar surface area (TPSA) is 87.0 Å². The molecule has 0 bridgehead atoms. The van der Waals surface area contributed by atoms with Crippen LogP contribution in [0, 0.1) is 0 Å². The molecular weight excluding hydrogens is 462 g/mol. The number of carbonyl (C=O) groups is 1. The van der Waals surface area contributed by atoms with Gasteiger partial charge in [0.15, 0.2) is 11.5 Å². The Kier molecular flexibility index (Phi) is 5.62. The predicted molar refractivity (Wildman–Crippen MR) is 147 cm³/mol. The fraction of sp³-hybridized carbons (Fsp3) is 0.0645. The van der Waals surface area contributed by atoms with Crippen LogP contribution in [-0.2, 0) is 6.42 Å². The third-order valence-electron chi connectivity index (χ3n) is 6.58. The van der Waals surface area contributed by atoms with Crippen molar-refractivity contribution in [3.63, 3.8) is 0 Å². The minimum absolute atomic E-state index is 0.132. The largest absolute Gasteiger partial charge is 0.505 e. The lowest BCUT2D eigenvalue weighted by Gasteiger charge is -2.11. The number of carbonyl (C=O) groups excluding carboxylic acids is 1. The number of phenolic OH excluding ortho intramolecular Hbond substituents is 1. The smallest absolute Gasteiger partial charge is 0.171 e. The molecule has 0 saturated carbocycles. The molecule has 6 nitrogen and oxygen atoms in total. The SMILES string of the molecule is COc1ccc(CC(=O)c2cc3ccc4c5ccccc5[nH]c4c3c(N=Nc3ccccc3)c2O)cc1. The third kappa shape index (κ3) is 4.08. The zero-order valence-corrected chi connectivity index (χ0v) is 20.1. The summed E-state index contributed by atoms with van der Waals surface area (Å²) in [6.07, 6.45) is 0.132. The van der Waals surface area contributed by atoms with Crippen molar-refractivity contribution in [1.29, 1.82) is 0 Å². The van der Waals surface area contributed by atoms with Gasteiger partial charge in [-0.05, 0) is 47.3 Å². The van der Waals surface area contributed by atoms with Gasteiger partial charge in [0, 0.05) is 28.1 Å². The van der Waals surface area contributed by atoms with Gasteiger partial charge in [0.2, 0.25) is 0 Å². The Morgan fingerprint density at radius 2 is 1.62 bits per heavy atom. The molecule has 6 heteroatoms. The van der Waals surface area contributed by atoms with Crippen molar-refractivity contribution in [2.75, 3.05) is 7.11 Å². The van der Waals surface area contributed by atoms with Crippen molar-refractivity contribution in [3.8, 4) is 11.5 Å². The average molecular weight is 486 g/mol. The van der Waals surface area contributed by atoms with Crippen molar-refractivity contribution in [2.45, 2.75) is 6.42 Å². The number of aromatic amines is 1. The van der Waals surface area contributed by atoms with Gasteiger partial charge in [-0.2, -0.15) is 5.11 Å². The number of nitrogens with zero attached hydrogens (tertiary/aromatic N) is 2. The number of benzene rings is 5. The van der Waals surface area contributed by atoms with E-state index in [9.17, 15) is 9.90 Å². The van der Waals surface area contributed by atoms with E-state index in [1.54, 1.807) is 13.2 Å². The molecule has 0 saturated heterocycles. The first-order chi connectivity index (χ1) is 18.1. The number of rotatable bonds is 6. The van der Waals surface area contributed by atoms with E-state index < -0.39 is 0 Å². The minimum Gasteiger partial charge on any atom is -0.505 e. The summed E-state index contributed by atoms with van der Waals surface area (Å²) in [4.78, 5) is 16.9. The maximum Gasteiger partial charge on any atom is 0.171 e. The number of aromatic nitrogens is 1. The van der Waals surface area contributed by atoms with E-state index in [-0.39, 0.29) is 29.2 Å². The highest BCUT2D eigenvalue weighted by Crippen LogP contribution is 2.44. The van der Waals surface area contributed by atoms with Crippen LogP contribution in [0.1, 0.15) is 15.9 Å². The molecule has 37 heavy (non-hydrogen) atoms. The van der Waals surface area contributed by atoms with Crippen molar-refractivity contribution in [2.24, 2.45) is 10.2 Å². The number of nitrogens with one attached hydrogen (secondary N) is 1. The number of aromatic hydroxyl groups is 1. The maximum atomic E-state index is 13.4. The zero-order valence-electron chi connectivity index (χ0n) is 20.1. The number of methoxy groups -OCH3 is 1. The standard InChI is InChI=1S/C31H23N3O3/c1-37-22-14-11-19(12-15-22)17-27(35)25-18-20-13-16-24-23-9-5-6-10-26(23)32-29(24)28(20)30(31(25)36)34-33-21-7-3-2-4-8-21/h2-16,18,32,36H,17H2,1H3. The Balaban J connectivity index is 1.54. The summed E-state index contributed by atoms with van der Waals surface area (Å²) in [5.41, 5.74) is 3.76. The number of para-hydroxylation sites is 1. The van der Waals surface area contributed by atoms with Gasteiger partial charge < -0.3 is 14.8 Å². The molecule has 5 aromatic carbocycles. The summed E-state index contributed by atoms with van der Waals surface area (Å²) in [7, 11) is 1.60. The number of ketones is 1. The molecule has 180 valence electrons. The summed E-state index contributed by atoms with van der Waals surface area (Å²) in [5, 5.41) is 23.9. The van der Waals surface area contributed by atoms with Crippen molar-refractivity contribution in [1.82, 2.24) is 4.98 Å². The van der Waals surface area contributed by atoms with E-state index in [2.05, 4.69) is 21.3 Å². The molecule has 6 aromatic rings. The van der Waals surface area contributed by atoms with Crippen molar-refractivity contribution >= 4 is 49.7 Å². The number of phenols is 1. The minimum atomic E-state index is -0.211. The fourth-order valence-electron chi connectivity index (χ4n) is 4.72.